The Kier molecular flexibility index (Phi) is 3.39. The summed E-state index contributed by atoms with van der Waals surface area (Å²) in [4.78, 5) is 14.5. The summed E-state index contributed by atoms with van der Waals surface area (Å²) in [5.74, 6) is 0.867. The second kappa shape index (κ2) is 5.38. The first-order chi connectivity index (χ1) is 12.0. The quantitative estimate of drug-likeness (QED) is 0.936. The molecular formula is C21H22N2O2. The summed E-state index contributed by atoms with van der Waals surface area (Å²) in [6.45, 7) is 4.74. The first-order valence-corrected chi connectivity index (χ1v) is 8.50. The van der Waals surface area contributed by atoms with Crippen molar-refractivity contribution in [2.75, 3.05) is 18.6 Å². The third-order valence-corrected chi connectivity index (χ3v) is 5.52. The standard InChI is InChI=1S/C21H22N2O2/c1-20(2)16-9-5-6-10-17(16)23-14-19(24)22-21(20,23)13-12-15-8-4-7-11-18(15)25-3/h4-13H,14H2,1-3H3,(H,22,24)/b13-12+/t21-/m1/s1. The number of nitrogens with zero attached hydrogens (tertiary/aromatic N) is 1. The number of nitrogens with one attached hydrogen (secondary N) is 1. The van der Waals surface area contributed by atoms with E-state index < -0.39 is 5.66 Å². The minimum atomic E-state index is -0.575. The van der Waals surface area contributed by atoms with E-state index in [-0.39, 0.29) is 11.3 Å². The molecule has 0 bridgehead atoms. The van der Waals surface area contributed by atoms with Crippen LogP contribution in [0, 0.1) is 0 Å². The molecular weight excluding hydrogens is 312 g/mol. The number of benzene rings is 2. The maximum absolute atomic E-state index is 12.3. The Labute approximate surface area is 148 Å². The van der Waals surface area contributed by atoms with Crippen LogP contribution in [-0.4, -0.2) is 25.2 Å². The van der Waals surface area contributed by atoms with Crippen molar-refractivity contribution in [3.8, 4) is 5.75 Å². The van der Waals surface area contributed by atoms with Gasteiger partial charge in [-0.25, -0.2) is 0 Å². The molecule has 2 aliphatic heterocycles. The molecule has 4 rings (SSSR count). The largest absolute Gasteiger partial charge is 0.496 e. The number of methoxy groups -OCH3 is 1. The van der Waals surface area contributed by atoms with Gasteiger partial charge in [0.25, 0.3) is 0 Å². The van der Waals surface area contributed by atoms with Gasteiger partial charge in [0.1, 0.15) is 11.4 Å². The zero-order valence-corrected chi connectivity index (χ0v) is 14.7. The van der Waals surface area contributed by atoms with Crippen LogP contribution in [0.3, 0.4) is 0 Å². The predicted molar refractivity (Wildman–Crippen MR) is 99.7 cm³/mol. The molecule has 0 spiro atoms. The highest BCUT2D eigenvalue weighted by Crippen LogP contribution is 2.52. The highest BCUT2D eigenvalue weighted by molar-refractivity contribution is 5.91. The molecule has 0 unspecified atom stereocenters. The van der Waals surface area contributed by atoms with Gasteiger partial charge in [-0.2, -0.15) is 0 Å². The van der Waals surface area contributed by atoms with Crippen molar-refractivity contribution >= 4 is 17.7 Å². The lowest BCUT2D eigenvalue weighted by Gasteiger charge is -2.40. The fraction of sp³-hybridized carbons (Fsp3) is 0.286. The van der Waals surface area contributed by atoms with Crippen molar-refractivity contribution < 1.29 is 9.53 Å². The monoisotopic (exact) mass is 334 g/mol. The lowest BCUT2D eigenvalue weighted by Crippen LogP contribution is -2.58. The Balaban J connectivity index is 1.84. The molecule has 2 aromatic rings. The minimum Gasteiger partial charge on any atom is -0.496 e. The molecule has 2 aliphatic rings. The van der Waals surface area contributed by atoms with E-state index in [0.717, 1.165) is 17.0 Å². The first-order valence-electron chi connectivity index (χ1n) is 8.50. The van der Waals surface area contributed by atoms with Crippen LogP contribution in [0.1, 0.15) is 25.0 Å². The molecule has 25 heavy (non-hydrogen) atoms. The van der Waals surface area contributed by atoms with Gasteiger partial charge in [-0.15, -0.1) is 0 Å². The maximum Gasteiger partial charge on any atom is 0.241 e. The fourth-order valence-electron chi connectivity index (χ4n) is 4.15. The predicted octanol–water partition coefficient (Wildman–Crippen LogP) is 3.33. The van der Waals surface area contributed by atoms with Crippen LogP contribution >= 0.6 is 0 Å². The molecule has 0 radical (unpaired) electrons. The molecule has 1 amide bonds. The van der Waals surface area contributed by atoms with Crippen molar-refractivity contribution in [3.63, 3.8) is 0 Å². The highest BCUT2D eigenvalue weighted by Gasteiger charge is 2.59. The molecule has 1 fully saturated rings. The van der Waals surface area contributed by atoms with E-state index >= 15 is 0 Å². The van der Waals surface area contributed by atoms with Crippen molar-refractivity contribution in [2.24, 2.45) is 0 Å². The van der Waals surface area contributed by atoms with E-state index in [1.54, 1.807) is 7.11 Å². The summed E-state index contributed by atoms with van der Waals surface area (Å²) in [6, 6.07) is 16.2. The maximum atomic E-state index is 12.3. The number of para-hydroxylation sites is 2. The SMILES string of the molecule is COc1ccccc1/C=C/[C@@]12NC(=O)CN1c1ccccc1C2(C)C. The van der Waals surface area contributed by atoms with Crippen LogP contribution in [0.4, 0.5) is 5.69 Å². The van der Waals surface area contributed by atoms with Gasteiger partial charge in [-0.3, -0.25) is 4.79 Å². The topological polar surface area (TPSA) is 41.6 Å². The van der Waals surface area contributed by atoms with Crippen LogP contribution in [0.5, 0.6) is 5.75 Å². The number of fused-ring (bicyclic) bond motifs is 3. The number of rotatable bonds is 3. The smallest absolute Gasteiger partial charge is 0.241 e. The second-order valence-corrected chi connectivity index (χ2v) is 7.12. The minimum absolute atomic E-state index is 0.0484. The summed E-state index contributed by atoms with van der Waals surface area (Å²) in [5, 5.41) is 3.23. The highest BCUT2D eigenvalue weighted by atomic mass is 16.5. The Morgan fingerprint density at radius 3 is 2.64 bits per heavy atom. The fourth-order valence-corrected chi connectivity index (χ4v) is 4.15. The molecule has 0 aromatic heterocycles. The van der Waals surface area contributed by atoms with Crippen LogP contribution in [0.2, 0.25) is 0 Å². The molecule has 4 heteroatoms. The lowest BCUT2D eigenvalue weighted by atomic mass is 9.75. The van der Waals surface area contributed by atoms with Gasteiger partial charge in [-0.05, 0) is 23.8 Å². The number of hydrogen-bond acceptors (Lipinski definition) is 3. The lowest BCUT2D eigenvalue weighted by molar-refractivity contribution is -0.118. The van der Waals surface area contributed by atoms with E-state index in [1.807, 2.05) is 36.4 Å². The molecule has 4 nitrogen and oxygen atoms in total. The molecule has 1 N–H and O–H groups in total. The van der Waals surface area contributed by atoms with Crippen molar-refractivity contribution in [1.29, 1.82) is 0 Å². The van der Waals surface area contributed by atoms with Gasteiger partial charge in [0.2, 0.25) is 5.91 Å². The zero-order chi connectivity index (χ0) is 17.7. The van der Waals surface area contributed by atoms with Gasteiger partial charge < -0.3 is 15.0 Å². The van der Waals surface area contributed by atoms with E-state index in [9.17, 15) is 4.79 Å². The number of amides is 1. The average Bonchev–Trinajstić information content (AvgIpc) is 3.05. The molecule has 0 saturated carbocycles. The Bertz CT molecular complexity index is 872. The van der Waals surface area contributed by atoms with Crippen LogP contribution in [0.15, 0.2) is 54.6 Å². The second-order valence-electron chi connectivity index (χ2n) is 7.12. The van der Waals surface area contributed by atoms with Crippen LogP contribution in [0.25, 0.3) is 6.08 Å². The third kappa shape index (κ3) is 2.10. The first kappa shape index (κ1) is 15.8. The number of anilines is 1. The number of ether oxygens (including phenoxy) is 1. The molecule has 1 atom stereocenters. The Morgan fingerprint density at radius 1 is 1.12 bits per heavy atom. The summed E-state index contributed by atoms with van der Waals surface area (Å²) in [7, 11) is 1.67. The normalized spacial score (nSPS) is 23.5. The van der Waals surface area contributed by atoms with Crippen molar-refractivity contribution in [1.82, 2.24) is 5.32 Å². The van der Waals surface area contributed by atoms with E-state index in [1.165, 1.54) is 5.56 Å². The van der Waals surface area contributed by atoms with E-state index in [0.29, 0.717) is 6.54 Å². The Morgan fingerprint density at radius 2 is 1.84 bits per heavy atom. The summed E-state index contributed by atoms with van der Waals surface area (Å²) >= 11 is 0. The van der Waals surface area contributed by atoms with E-state index in [4.69, 9.17) is 4.74 Å². The molecule has 1 saturated heterocycles. The van der Waals surface area contributed by atoms with Gasteiger partial charge in [-0.1, -0.05) is 56.3 Å². The van der Waals surface area contributed by atoms with E-state index in [2.05, 4.69) is 48.3 Å². The molecule has 0 aliphatic carbocycles. The average molecular weight is 334 g/mol. The van der Waals surface area contributed by atoms with Crippen molar-refractivity contribution in [3.05, 3.63) is 65.7 Å². The Hall–Kier alpha value is -2.75. The molecule has 128 valence electrons. The summed E-state index contributed by atoms with van der Waals surface area (Å²) in [5.41, 5.74) is 2.53. The van der Waals surface area contributed by atoms with Crippen LogP contribution < -0.4 is 15.0 Å². The molecule has 2 heterocycles. The zero-order valence-electron chi connectivity index (χ0n) is 14.7. The van der Waals surface area contributed by atoms with Gasteiger partial charge in [0.15, 0.2) is 0 Å². The van der Waals surface area contributed by atoms with Gasteiger partial charge in [0, 0.05) is 16.7 Å². The number of carbonyl (C=O) groups excluding carboxylic acids is 1. The van der Waals surface area contributed by atoms with Crippen molar-refractivity contribution in [2.45, 2.75) is 24.9 Å². The number of carbonyl (C=O) groups is 1. The molecule has 2 aromatic carbocycles. The van der Waals surface area contributed by atoms with Gasteiger partial charge >= 0.3 is 0 Å². The number of hydrogen-bond donors (Lipinski definition) is 1. The summed E-state index contributed by atoms with van der Waals surface area (Å²) in [6.07, 6.45) is 4.15. The van der Waals surface area contributed by atoms with Gasteiger partial charge in [0.05, 0.1) is 13.7 Å². The van der Waals surface area contributed by atoms with Crippen LogP contribution in [-0.2, 0) is 10.2 Å². The summed E-state index contributed by atoms with van der Waals surface area (Å²) < 4.78 is 5.45. The third-order valence-electron chi connectivity index (χ3n) is 5.52.